The van der Waals surface area contributed by atoms with Gasteiger partial charge in [-0.15, -0.1) is 0 Å². The van der Waals surface area contributed by atoms with Crippen molar-refractivity contribution in [3.05, 3.63) is 248 Å². The normalized spacial score (nSPS) is 12.1. The van der Waals surface area contributed by atoms with Gasteiger partial charge in [0.15, 0.2) is 11.2 Å². The Morgan fingerprint density at radius 1 is 0.293 bits per heavy atom. The fourth-order valence-corrected chi connectivity index (χ4v) is 12.3. The lowest BCUT2D eigenvalue weighted by Gasteiger charge is -2.26. The number of aryl methyl sites for hydroxylation is 2. The third-order valence-corrected chi connectivity index (χ3v) is 15.8. The van der Waals surface area contributed by atoms with Crippen LogP contribution in [0.2, 0.25) is 0 Å². The summed E-state index contributed by atoms with van der Waals surface area (Å²) in [6, 6.07) is 86.1. The molecule has 5 nitrogen and oxygen atoms in total. The number of furan rings is 2. The molecule has 0 radical (unpaired) electrons. The zero-order valence-electron chi connectivity index (χ0n) is 41.2. The van der Waals surface area contributed by atoms with Crippen LogP contribution in [0.5, 0.6) is 0 Å². The second kappa shape index (κ2) is 15.8. The molecule has 75 heavy (non-hydrogen) atoms. The van der Waals surface area contributed by atoms with Gasteiger partial charge in [-0.25, -0.2) is 0 Å². The van der Waals surface area contributed by atoms with Crippen molar-refractivity contribution >= 4 is 138 Å². The molecule has 5 heteroatoms. The zero-order chi connectivity index (χ0) is 49.5. The highest BCUT2D eigenvalue weighted by Gasteiger charge is 2.25. The first kappa shape index (κ1) is 41.7. The first-order chi connectivity index (χ1) is 37.0. The van der Waals surface area contributed by atoms with Crippen LogP contribution < -0.4 is 9.80 Å². The van der Waals surface area contributed by atoms with E-state index in [1.54, 1.807) is 0 Å². The van der Waals surface area contributed by atoms with E-state index in [4.69, 9.17) is 8.83 Å². The van der Waals surface area contributed by atoms with Crippen molar-refractivity contribution in [2.24, 2.45) is 0 Å². The maximum absolute atomic E-state index is 6.80. The van der Waals surface area contributed by atoms with Gasteiger partial charge in [0.05, 0.1) is 27.9 Å². The Hall–Kier alpha value is -9.84. The Balaban J connectivity index is 0.930. The smallest absolute Gasteiger partial charge is 0.159 e. The summed E-state index contributed by atoms with van der Waals surface area (Å²) < 4.78 is 16.1. The Morgan fingerprint density at radius 3 is 1.19 bits per heavy atom. The summed E-state index contributed by atoms with van der Waals surface area (Å²) in [6.45, 7) is 4.24. The molecule has 0 atom stereocenters. The van der Waals surface area contributed by atoms with Gasteiger partial charge in [-0.3, -0.25) is 0 Å². The summed E-state index contributed by atoms with van der Waals surface area (Å²) in [5.74, 6) is 0. The Morgan fingerprint density at radius 2 is 0.720 bits per heavy atom. The van der Waals surface area contributed by atoms with E-state index in [9.17, 15) is 0 Å². The van der Waals surface area contributed by atoms with E-state index in [1.165, 1.54) is 60.0 Å². The van der Waals surface area contributed by atoms with Crippen molar-refractivity contribution in [3.63, 3.8) is 0 Å². The third-order valence-electron chi connectivity index (χ3n) is 15.8. The number of aromatic nitrogens is 1. The number of hydrogen-bond acceptors (Lipinski definition) is 4. The van der Waals surface area contributed by atoms with Crippen LogP contribution in [0.25, 0.3) is 115 Å². The minimum absolute atomic E-state index is 0.870. The molecule has 4 aromatic heterocycles. The number of hydrogen-bond donors (Lipinski definition) is 0. The second-order valence-electron chi connectivity index (χ2n) is 20.2. The quantitative estimate of drug-likeness (QED) is 0.159. The van der Waals surface area contributed by atoms with Crippen molar-refractivity contribution in [1.82, 2.24) is 4.40 Å². The van der Waals surface area contributed by atoms with Gasteiger partial charge in [0.2, 0.25) is 0 Å². The van der Waals surface area contributed by atoms with Crippen molar-refractivity contribution in [3.8, 4) is 11.1 Å². The molecule has 16 aromatic rings. The average Bonchev–Trinajstić information content (AvgIpc) is 4.37. The van der Waals surface area contributed by atoms with Crippen molar-refractivity contribution in [2.45, 2.75) is 13.8 Å². The lowest BCUT2D eigenvalue weighted by atomic mass is 9.97. The van der Waals surface area contributed by atoms with Gasteiger partial charge in [-0.05, 0) is 155 Å². The molecule has 0 aliphatic rings. The van der Waals surface area contributed by atoms with Gasteiger partial charge in [-0.1, -0.05) is 140 Å². The van der Waals surface area contributed by atoms with Gasteiger partial charge >= 0.3 is 0 Å². The lowest BCUT2D eigenvalue weighted by Crippen LogP contribution is -2.10. The van der Waals surface area contributed by atoms with Gasteiger partial charge in [0.25, 0.3) is 0 Å². The molecule has 0 saturated heterocycles. The largest absolute Gasteiger partial charge is 0.454 e. The van der Waals surface area contributed by atoms with Gasteiger partial charge in [-0.2, -0.15) is 0 Å². The summed E-state index contributed by atoms with van der Waals surface area (Å²) in [6.07, 6.45) is 0. The monoisotopic (exact) mass is 959 g/mol. The van der Waals surface area contributed by atoms with Crippen molar-refractivity contribution in [1.29, 1.82) is 0 Å². The molecule has 0 bridgehead atoms. The van der Waals surface area contributed by atoms with E-state index in [1.807, 2.05) is 0 Å². The van der Waals surface area contributed by atoms with Gasteiger partial charge in [0, 0.05) is 65.8 Å². The average molecular weight is 960 g/mol. The number of para-hydroxylation sites is 6. The van der Waals surface area contributed by atoms with Crippen molar-refractivity contribution < 1.29 is 8.83 Å². The molecule has 0 aliphatic carbocycles. The van der Waals surface area contributed by atoms with Crippen LogP contribution >= 0.6 is 0 Å². The minimum atomic E-state index is 0.870. The van der Waals surface area contributed by atoms with Crippen LogP contribution in [0.1, 0.15) is 11.1 Å². The first-order valence-electron chi connectivity index (χ1n) is 25.7. The number of nitrogens with zero attached hydrogens (tertiary/aromatic N) is 3. The molecule has 0 saturated carbocycles. The van der Waals surface area contributed by atoms with Gasteiger partial charge < -0.3 is 23.0 Å². The van der Waals surface area contributed by atoms with Crippen LogP contribution in [0, 0.1) is 13.8 Å². The standard InChI is InChI=1S/C70H45N3O2/c1-42-16-12-24-54-56-26-14-28-62(69(56)74-67(42)54)71(50-20-8-4-9-21-50)52-32-30-45-36-58-60-38-49(44-18-6-3-7-19-44)39-61-59-37-46-31-33-53(35-48(46)41-65(59)73(66(60)61)64(58)40-47(45)34-52)72(51-22-10-5-11-23-51)63-29-15-27-57-55-25-13-17-43(2)68(55)75-70(57)63/h3-41H,1-2H3. The maximum atomic E-state index is 6.80. The SMILES string of the molecule is Cc1cccc2c1oc1c(N(c3ccccc3)c3ccc4cc5c6cc(-c7ccccc7)cc7c8cc9ccc(N(c%10ccccc%10)c%10cccc%11c%10oc%10c(C)cccc%10%11)cc9cc8n(c5cc4c3)c67)cccc12. The number of rotatable bonds is 7. The highest BCUT2D eigenvalue weighted by molar-refractivity contribution is 6.27. The molecular formula is C70H45N3O2. The molecule has 352 valence electrons. The lowest BCUT2D eigenvalue weighted by molar-refractivity contribution is 0.665. The molecule has 0 N–H and O–H groups in total. The fourth-order valence-electron chi connectivity index (χ4n) is 12.3. The first-order valence-corrected chi connectivity index (χ1v) is 25.7. The fraction of sp³-hybridized carbons (Fsp3) is 0.0286. The van der Waals surface area contributed by atoms with Crippen molar-refractivity contribution in [2.75, 3.05) is 9.80 Å². The summed E-state index contributed by atoms with van der Waals surface area (Å²) in [5.41, 5.74) is 18.0. The van der Waals surface area contributed by atoms with Crippen LogP contribution in [0.4, 0.5) is 34.1 Å². The Kier molecular flexibility index (Phi) is 8.81. The van der Waals surface area contributed by atoms with E-state index < -0.39 is 0 Å². The molecule has 4 heterocycles. The van der Waals surface area contributed by atoms with E-state index >= 15 is 0 Å². The van der Waals surface area contributed by atoms with Crippen LogP contribution in [0.15, 0.2) is 245 Å². The molecule has 0 aliphatic heterocycles. The number of anilines is 6. The molecule has 0 amide bonds. The zero-order valence-corrected chi connectivity index (χ0v) is 41.2. The maximum Gasteiger partial charge on any atom is 0.159 e. The highest BCUT2D eigenvalue weighted by Crippen LogP contribution is 2.48. The van der Waals surface area contributed by atoms with E-state index in [0.717, 1.165) is 99.9 Å². The van der Waals surface area contributed by atoms with E-state index in [2.05, 4.69) is 265 Å². The third kappa shape index (κ3) is 6.19. The summed E-state index contributed by atoms with van der Waals surface area (Å²) >= 11 is 0. The second-order valence-corrected chi connectivity index (χ2v) is 20.2. The Bertz CT molecular complexity index is 4680. The number of benzene rings is 12. The molecule has 12 aromatic carbocycles. The predicted octanol–water partition coefficient (Wildman–Crippen LogP) is 20.2. The van der Waals surface area contributed by atoms with Crippen LogP contribution in [0.3, 0.4) is 0 Å². The van der Waals surface area contributed by atoms with E-state index in [0.29, 0.717) is 0 Å². The summed E-state index contributed by atoms with van der Waals surface area (Å²) in [5, 5.41) is 14.1. The van der Waals surface area contributed by atoms with Crippen LogP contribution in [-0.4, -0.2) is 4.40 Å². The minimum Gasteiger partial charge on any atom is -0.454 e. The Labute approximate surface area is 431 Å². The van der Waals surface area contributed by atoms with Crippen LogP contribution in [-0.2, 0) is 0 Å². The summed E-state index contributed by atoms with van der Waals surface area (Å²) in [4.78, 5) is 4.68. The molecule has 16 rings (SSSR count). The number of fused-ring (bicyclic) bond motifs is 14. The topological polar surface area (TPSA) is 37.2 Å². The highest BCUT2D eigenvalue weighted by atomic mass is 16.3. The molecule has 0 fully saturated rings. The molecule has 0 spiro atoms. The summed E-state index contributed by atoms with van der Waals surface area (Å²) in [7, 11) is 0. The van der Waals surface area contributed by atoms with Gasteiger partial charge in [0.1, 0.15) is 11.2 Å². The van der Waals surface area contributed by atoms with E-state index in [-0.39, 0.29) is 0 Å². The molecule has 0 unspecified atom stereocenters. The molecular weight excluding hydrogens is 915 g/mol. The predicted molar refractivity (Wildman–Crippen MR) is 315 cm³/mol.